The summed E-state index contributed by atoms with van der Waals surface area (Å²) in [5.74, 6) is -1.78. The van der Waals surface area contributed by atoms with E-state index in [1.807, 2.05) is 0 Å². The number of amides is 1. The summed E-state index contributed by atoms with van der Waals surface area (Å²) in [7, 11) is 0. The molecule has 12 heteroatoms. The zero-order chi connectivity index (χ0) is 22.2. The molecule has 1 unspecified atom stereocenters. The van der Waals surface area contributed by atoms with Gasteiger partial charge in [-0.05, 0) is 41.5 Å². The molecule has 162 valence electrons. The molecule has 2 aromatic heterocycles. The molecule has 0 radical (unpaired) electrons. The quantitative estimate of drug-likeness (QED) is 0.447. The minimum atomic E-state index is -5.00. The number of carbonyl (C=O) groups is 1. The molecule has 0 bridgehead atoms. The standard InChI is InChI=1S/C19H14F4N4O3S/c20-13-6-12(7-15(8-13)30-19(21,22)23)17-9-16(18(28)26-4-5-31(29)11-26)25-27(17)14-2-1-3-24-10-14/h1-3,6-10H,4-5,11H2. The van der Waals surface area contributed by atoms with Gasteiger partial charge in [0.05, 0.1) is 24.1 Å². The Morgan fingerprint density at radius 1 is 1.23 bits per heavy atom. The summed E-state index contributed by atoms with van der Waals surface area (Å²) < 4.78 is 68.7. The van der Waals surface area contributed by atoms with Gasteiger partial charge in [-0.3, -0.25) is 14.7 Å². The lowest BCUT2D eigenvalue weighted by molar-refractivity contribution is -0.274. The highest BCUT2D eigenvalue weighted by atomic mass is 32.2. The van der Waals surface area contributed by atoms with Crippen molar-refractivity contribution < 1.29 is 31.6 Å². The van der Waals surface area contributed by atoms with E-state index in [0.717, 1.165) is 12.1 Å². The summed E-state index contributed by atoms with van der Waals surface area (Å²) in [4.78, 5) is 18.1. The van der Waals surface area contributed by atoms with E-state index in [0.29, 0.717) is 24.1 Å². The highest BCUT2D eigenvalue weighted by molar-refractivity contribution is 7.91. The van der Waals surface area contributed by atoms with Crippen LogP contribution >= 0.6 is 0 Å². The van der Waals surface area contributed by atoms with Crippen LogP contribution in [0.2, 0.25) is 0 Å². The van der Waals surface area contributed by atoms with Crippen molar-refractivity contribution in [1.29, 1.82) is 0 Å². The SMILES string of the molecule is O=C(c1cc(-c2cc(F)cc(OC(F)(F)F)c2)n(-c2cccnc2)n1)N1CC[S+]([O-])C1. The predicted molar refractivity (Wildman–Crippen MR) is 102 cm³/mol. The number of halogens is 4. The summed E-state index contributed by atoms with van der Waals surface area (Å²) in [5.41, 5.74) is 0.548. The van der Waals surface area contributed by atoms with Crippen LogP contribution in [0.1, 0.15) is 10.5 Å². The third-order valence-corrected chi connectivity index (χ3v) is 5.63. The second-order valence-corrected chi connectivity index (χ2v) is 8.15. The monoisotopic (exact) mass is 454 g/mol. The number of benzene rings is 1. The van der Waals surface area contributed by atoms with Crippen molar-refractivity contribution in [2.75, 3.05) is 18.2 Å². The van der Waals surface area contributed by atoms with Gasteiger partial charge in [-0.2, -0.15) is 5.10 Å². The molecular formula is C19H14F4N4O3S. The summed E-state index contributed by atoms with van der Waals surface area (Å²) in [6.07, 6.45) is -2.06. The molecule has 1 aliphatic heterocycles. The first kappa shape index (κ1) is 21.1. The minimum Gasteiger partial charge on any atom is -0.615 e. The smallest absolute Gasteiger partial charge is 0.573 e. The van der Waals surface area contributed by atoms with Gasteiger partial charge in [0, 0.05) is 17.8 Å². The molecule has 3 heterocycles. The van der Waals surface area contributed by atoms with E-state index in [2.05, 4.69) is 14.8 Å². The maximum atomic E-state index is 14.1. The Balaban J connectivity index is 1.79. The number of ether oxygens (including phenoxy) is 1. The molecular weight excluding hydrogens is 440 g/mol. The highest BCUT2D eigenvalue weighted by Crippen LogP contribution is 2.31. The Kier molecular flexibility index (Phi) is 5.58. The molecule has 4 rings (SSSR count). The number of rotatable bonds is 4. The minimum absolute atomic E-state index is 0.0136. The number of aromatic nitrogens is 3. The molecule has 1 aromatic carbocycles. The Morgan fingerprint density at radius 3 is 2.68 bits per heavy atom. The van der Waals surface area contributed by atoms with Crippen molar-refractivity contribution in [2.45, 2.75) is 6.36 Å². The fraction of sp³-hybridized carbons (Fsp3) is 0.211. The molecule has 31 heavy (non-hydrogen) atoms. The van der Waals surface area contributed by atoms with Gasteiger partial charge in [0.1, 0.15) is 17.3 Å². The van der Waals surface area contributed by atoms with Crippen molar-refractivity contribution in [3.63, 3.8) is 0 Å². The highest BCUT2D eigenvalue weighted by Gasteiger charge is 2.32. The van der Waals surface area contributed by atoms with Crippen molar-refractivity contribution in [2.24, 2.45) is 0 Å². The van der Waals surface area contributed by atoms with E-state index in [-0.39, 0.29) is 22.8 Å². The van der Waals surface area contributed by atoms with Crippen LogP contribution in [0.4, 0.5) is 17.6 Å². The van der Waals surface area contributed by atoms with E-state index >= 15 is 0 Å². The number of nitrogens with zero attached hydrogens (tertiary/aromatic N) is 4. The number of alkyl halides is 3. The van der Waals surface area contributed by atoms with Crippen molar-refractivity contribution in [1.82, 2.24) is 19.7 Å². The van der Waals surface area contributed by atoms with E-state index in [1.54, 1.807) is 12.1 Å². The Labute approximate surface area is 176 Å². The van der Waals surface area contributed by atoms with E-state index in [1.165, 1.54) is 28.0 Å². The number of hydrogen-bond donors (Lipinski definition) is 0. The van der Waals surface area contributed by atoms with Crippen LogP contribution in [0.15, 0.2) is 48.8 Å². The first-order valence-corrected chi connectivity index (χ1v) is 10.4. The van der Waals surface area contributed by atoms with Crippen LogP contribution in [0.25, 0.3) is 16.9 Å². The lowest BCUT2D eigenvalue weighted by Gasteiger charge is -2.11. The fourth-order valence-electron chi connectivity index (χ4n) is 3.11. The first-order valence-electron chi connectivity index (χ1n) is 8.91. The van der Waals surface area contributed by atoms with Crippen LogP contribution in [0, 0.1) is 5.82 Å². The van der Waals surface area contributed by atoms with Gasteiger partial charge in [0.2, 0.25) is 0 Å². The van der Waals surface area contributed by atoms with Crippen LogP contribution in [-0.4, -0.2) is 54.7 Å². The Hall–Kier alpha value is -3.12. The second kappa shape index (κ2) is 8.19. The molecule has 1 atom stereocenters. The Morgan fingerprint density at radius 2 is 2.03 bits per heavy atom. The Bertz CT molecular complexity index is 1110. The summed E-state index contributed by atoms with van der Waals surface area (Å²) in [6, 6.07) is 7.17. The second-order valence-electron chi connectivity index (χ2n) is 6.60. The summed E-state index contributed by atoms with van der Waals surface area (Å²) >= 11 is -1.15. The molecule has 1 fully saturated rings. The summed E-state index contributed by atoms with van der Waals surface area (Å²) in [5, 5.41) is 4.26. The molecule has 1 amide bonds. The molecule has 7 nitrogen and oxygen atoms in total. The average Bonchev–Trinajstić information content (AvgIpc) is 3.33. The topological polar surface area (TPSA) is 83.3 Å². The maximum absolute atomic E-state index is 14.1. The van der Waals surface area contributed by atoms with Gasteiger partial charge in [0.15, 0.2) is 11.6 Å². The van der Waals surface area contributed by atoms with E-state index in [4.69, 9.17) is 0 Å². The van der Waals surface area contributed by atoms with Gasteiger partial charge in [-0.1, -0.05) is 0 Å². The van der Waals surface area contributed by atoms with E-state index < -0.39 is 35.0 Å². The van der Waals surface area contributed by atoms with Gasteiger partial charge in [-0.25, -0.2) is 9.07 Å². The zero-order valence-corrected chi connectivity index (χ0v) is 16.5. The van der Waals surface area contributed by atoms with E-state index in [9.17, 15) is 26.9 Å². The third-order valence-electron chi connectivity index (χ3n) is 4.40. The lowest BCUT2D eigenvalue weighted by Crippen LogP contribution is -2.29. The molecule has 0 aliphatic carbocycles. The number of carbonyl (C=O) groups excluding carboxylic acids is 1. The zero-order valence-electron chi connectivity index (χ0n) is 15.7. The number of hydrogen-bond acceptors (Lipinski definition) is 5. The van der Waals surface area contributed by atoms with Crippen molar-refractivity contribution >= 4 is 17.1 Å². The van der Waals surface area contributed by atoms with Crippen LogP contribution in [-0.2, 0) is 11.2 Å². The van der Waals surface area contributed by atoms with Gasteiger partial charge in [0.25, 0.3) is 5.91 Å². The fourth-order valence-corrected chi connectivity index (χ4v) is 4.25. The van der Waals surface area contributed by atoms with Gasteiger partial charge < -0.3 is 9.29 Å². The van der Waals surface area contributed by atoms with Gasteiger partial charge >= 0.3 is 6.36 Å². The third kappa shape index (κ3) is 4.80. The first-order chi connectivity index (χ1) is 14.7. The van der Waals surface area contributed by atoms with Gasteiger partial charge in [-0.15, -0.1) is 13.2 Å². The largest absolute Gasteiger partial charge is 0.615 e. The lowest BCUT2D eigenvalue weighted by atomic mass is 10.1. The predicted octanol–water partition coefficient (Wildman–Crippen LogP) is 3.13. The van der Waals surface area contributed by atoms with Crippen molar-refractivity contribution in [3.05, 3.63) is 60.3 Å². The molecule has 0 N–H and O–H groups in total. The molecule has 0 saturated carbocycles. The number of pyridine rings is 1. The maximum Gasteiger partial charge on any atom is 0.573 e. The normalized spacial score (nSPS) is 16.5. The van der Waals surface area contributed by atoms with Crippen molar-refractivity contribution in [3.8, 4) is 22.7 Å². The van der Waals surface area contributed by atoms with Crippen LogP contribution in [0.5, 0.6) is 5.75 Å². The summed E-state index contributed by atoms with van der Waals surface area (Å²) in [6.45, 7) is 0.296. The van der Waals surface area contributed by atoms with Crippen LogP contribution < -0.4 is 4.74 Å². The van der Waals surface area contributed by atoms with Crippen LogP contribution in [0.3, 0.4) is 0 Å². The molecule has 1 aliphatic rings. The average molecular weight is 454 g/mol. The molecule has 1 saturated heterocycles. The molecule has 3 aromatic rings. The molecule has 0 spiro atoms.